The molecule has 3 heterocycles. The second-order valence-corrected chi connectivity index (χ2v) is 7.82. The van der Waals surface area contributed by atoms with Gasteiger partial charge in [0.05, 0.1) is 18.1 Å². The van der Waals surface area contributed by atoms with E-state index in [1.807, 2.05) is 35.2 Å². The van der Waals surface area contributed by atoms with Crippen LogP contribution in [0.4, 0.5) is 4.79 Å². The van der Waals surface area contributed by atoms with Crippen molar-refractivity contribution in [1.82, 2.24) is 20.0 Å². The highest BCUT2D eigenvalue weighted by Gasteiger charge is 2.47. The molecule has 27 heavy (non-hydrogen) atoms. The summed E-state index contributed by atoms with van der Waals surface area (Å²) in [5.74, 6) is 0.0764. The third kappa shape index (κ3) is 4.09. The van der Waals surface area contributed by atoms with Gasteiger partial charge in [0.15, 0.2) is 0 Å². The van der Waals surface area contributed by atoms with E-state index in [9.17, 15) is 9.59 Å². The summed E-state index contributed by atoms with van der Waals surface area (Å²) in [7, 11) is 2.08. The molecule has 7 heteroatoms. The number of ether oxygens (including phenoxy) is 1. The van der Waals surface area contributed by atoms with E-state index in [2.05, 4.69) is 17.3 Å². The van der Waals surface area contributed by atoms with Crippen molar-refractivity contribution in [2.75, 3.05) is 46.3 Å². The Morgan fingerprint density at radius 2 is 1.81 bits per heavy atom. The third-order valence-corrected chi connectivity index (χ3v) is 5.86. The summed E-state index contributed by atoms with van der Waals surface area (Å²) >= 11 is 0. The van der Waals surface area contributed by atoms with Crippen molar-refractivity contribution >= 4 is 11.9 Å². The number of carbonyl (C=O) groups excluding carboxylic acids is 2. The molecule has 0 aliphatic carbocycles. The van der Waals surface area contributed by atoms with E-state index in [4.69, 9.17) is 4.74 Å². The quantitative estimate of drug-likeness (QED) is 0.851. The minimum Gasteiger partial charge on any atom is -0.370 e. The normalized spacial score (nSPS) is 28.3. The summed E-state index contributed by atoms with van der Waals surface area (Å²) < 4.78 is 6.01. The number of hydrogen-bond donors (Lipinski definition) is 1. The van der Waals surface area contributed by atoms with Crippen molar-refractivity contribution < 1.29 is 14.3 Å². The van der Waals surface area contributed by atoms with Gasteiger partial charge >= 0.3 is 6.03 Å². The molecular weight excluding hydrogens is 344 g/mol. The Balaban J connectivity index is 1.32. The van der Waals surface area contributed by atoms with Gasteiger partial charge in [-0.25, -0.2) is 4.79 Å². The minimum atomic E-state index is -0.182. The average Bonchev–Trinajstić information content (AvgIpc) is 3.00. The SMILES string of the molecule is CN1CCN(C(=O)[C@H]2C[C@H]3CN(C(=O)NCc4ccccc4)C[C@H]2O3)CC1. The fourth-order valence-corrected chi connectivity index (χ4v) is 4.23. The van der Waals surface area contributed by atoms with Gasteiger partial charge in [0.1, 0.15) is 0 Å². The van der Waals surface area contributed by atoms with E-state index >= 15 is 0 Å². The number of nitrogens with one attached hydrogen (secondary N) is 1. The molecule has 1 N–H and O–H groups in total. The molecule has 1 aromatic rings. The van der Waals surface area contributed by atoms with Crippen LogP contribution in [0.15, 0.2) is 30.3 Å². The smallest absolute Gasteiger partial charge is 0.317 e. The number of fused-ring (bicyclic) bond motifs is 2. The molecule has 0 spiro atoms. The van der Waals surface area contributed by atoms with Crippen molar-refractivity contribution in [1.29, 1.82) is 0 Å². The number of likely N-dealkylation sites (N-methyl/N-ethyl adjacent to an activating group) is 1. The number of piperazine rings is 1. The minimum absolute atomic E-state index is 0.0346. The summed E-state index contributed by atoms with van der Waals surface area (Å²) in [6.07, 6.45) is 0.504. The van der Waals surface area contributed by atoms with Gasteiger partial charge in [0.25, 0.3) is 0 Å². The standard InChI is InChI=1S/C20H28N4O3/c1-22-7-9-23(10-8-22)19(25)17-11-16-13-24(14-18(17)27-16)20(26)21-12-15-5-3-2-4-6-15/h2-6,16-18H,7-14H2,1H3,(H,21,26)/t16-,17-,18+/m0/s1. The Morgan fingerprint density at radius 3 is 2.56 bits per heavy atom. The molecule has 4 rings (SSSR count). The third-order valence-electron chi connectivity index (χ3n) is 5.86. The summed E-state index contributed by atoms with van der Waals surface area (Å²) in [5.41, 5.74) is 1.07. The lowest BCUT2D eigenvalue weighted by molar-refractivity contribution is -0.139. The molecule has 3 amide bonds. The number of rotatable bonds is 3. The van der Waals surface area contributed by atoms with Crippen LogP contribution >= 0.6 is 0 Å². The van der Waals surface area contributed by atoms with Gasteiger partial charge in [-0.2, -0.15) is 0 Å². The van der Waals surface area contributed by atoms with Gasteiger partial charge in [-0.05, 0) is 19.0 Å². The van der Waals surface area contributed by atoms with Crippen molar-refractivity contribution in [3.8, 4) is 0 Å². The number of likely N-dealkylation sites (tertiary alicyclic amines) is 1. The Morgan fingerprint density at radius 1 is 1.07 bits per heavy atom. The van der Waals surface area contributed by atoms with Crippen molar-refractivity contribution in [2.45, 2.75) is 25.2 Å². The fraction of sp³-hybridized carbons (Fsp3) is 0.600. The van der Waals surface area contributed by atoms with E-state index in [0.29, 0.717) is 19.6 Å². The summed E-state index contributed by atoms with van der Waals surface area (Å²) in [5, 5.41) is 2.98. The fourth-order valence-electron chi connectivity index (χ4n) is 4.23. The van der Waals surface area contributed by atoms with E-state index in [1.165, 1.54) is 0 Å². The largest absolute Gasteiger partial charge is 0.370 e. The predicted molar refractivity (Wildman–Crippen MR) is 101 cm³/mol. The molecule has 3 fully saturated rings. The van der Waals surface area contributed by atoms with Crippen molar-refractivity contribution in [3.05, 3.63) is 35.9 Å². The molecule has 3 aliphatic rings. The van der Waals surface area contributed by atoms with E-state index in [0.717, 1.165) is 38.2 Å². The van der Waals surface area contributed by atoms with E-state index in [-0.39, 0.29) is 30.1 Å². The molecule has 3 atom stereocenters. The molecule has 2 bridgehead atoms. The zero-order valence-corrected chi connectivity index (χ0v) is 15.8. The number of hydrogen-bond acceptors (Lipinski definition) is 4. The van der Waals surface area contributed by atoms with Crippen LogP contribution in [0.3, 0.4) is 0 Å². The van der Waals surface area contributed by atoms with Gasteiger partial charge in [-0.15, -0.1) is 0 Å². The van der Waals surface area contributed by atoms with Crippen molar-refractivity contribution in [3.63, 3.8) is 0 Å². The number of urea groups is 1. The Hall–Kier alpha value is -2.12. The number of morpholine rings is 1. The maximum absolute atomic E-state index is 12.9. The monoisotopic (exact) mass is 372 g/mol. The zero-order chi connectivity index (χ0) is 18.8. The van der Waals surface area contributed by atoms with Crippen LogP contribution in [0.2, 0.25) is 0 Å². The number of nitrogens with zero attached hydrogens (tertiary/aromatic N) is 3. The molecule has 1 aromatic carbocycles. The molecule has 0 radical (unpaired) electrons. The van der Waals surface area contributed by atoms with Crippen molar-refractivity contribution in [2.24, 2.45) is 5.92 Å². The average molecular weight is 372 g/mol. The number of benzene rings is 1. The molecule has 0 unspecified atom stereocenters. The lowest BCUT2D eigenvalue weighted by Gasteiger charge is -2.36. The lowest BCUT2D eigenvalue weighted by Crippen LogP contribution is -2.53. The van der Waals surface area contributed by atoms with Gasteiger partial charge in [-0.3, -0.25) is 4.79 Å². The van der Waals surface area contributed by atoms with Crippen LogP contribution in [-0.2, 0) is 16.1 Å². The molecule has 0 aromatic heterocycles. The molecule has 146 valence electrons. The van der Waals surface area contributed by atoms with Gasteiger partial charge < -0.3 is 24.8 Å². The molecule has 0 saturated carbocycles. The first kappa shape index (κ1) is 18.3. The molecule has 7 nitrogen and oxygen atoms in total. The summed E-state index contributed by atoms with van der Waals surface area (Å²) in [4.78, 5) is 31.5. The van der Waals surface area contributed by atoms with Gasteiger partial charge in [0.2, 0.25) is 5.91 Å². The topological polar surface area (TPSA) is 65.1 Å². The van der Waals surface area contributed by atoms with Crippen LogP contribution < -0.4 is 5.32 Å². The lowest BCUT2D eigenvalue weighted by atomic mass is 9.98. The van der Waals surface area contributed by atoms with Crippen LogP contribution in [0, 0.1) is 5.92 Å². The van der Waals surface area contributed by atoms with Gasteiger partial charge in [0, 0.05) is 45.8 Å². The number of carbonyl (C=O) groups is 2. The summed E-state index contributed by atoms with van der Waals surface area (Å²) in [6.45, 7) is 4.96. The van der Waals surface area contributed by atoms with Crippen LogP contribution in [0.25, 0.3) is 0 Å². The van der Waals surface area contributed by atoms with Crippen LogP contribution in [0.1, 0.15) is 12.0 Å². The first-order valence-electron chi connectivity index (χ1n) is 9.79. The first-order valence-corrected chi connectivity index (χ1v) is 9.79. The first-order chi connectivity index (χ1) is 13.1. The second-order valence-electron chi connectivity index (χ2n) is 7.82. The predicted octanol–water partition coefficient (Wildman–Crippen LogP) is 0.760. The van der Waals surface area contributed by atoms with Crippen LogP contribution in [-0.4, -0.2) is 85.2 Å². The molecule has 3 aliphatic heterocycles. The highest BCUT2D eigenvalue weighted by molar-refractivity contribution is 5.80. The zero-order valence-electron chi connectivity index (χ0n) is 15.8. The highest BCUT2D eigenvalue weighted by atomic mass is 16.5. The molecular formula is C20H28N4O3. The highest BCUT2D eigenvalue weighted by Crippen LogP contribution is 2.33. The Kier molecular flexibility index (Phi) is 5.31. The second kappa shape index (κ2) is 7.86. The maximum Gasteiger partial charge on any atom is 0.317 e. The molecule has 3 saturated heterocycles. The van der Waals surface area contributed by atoms with E-state index in [1.54, 1.807) is 4.90 Å². The Bertz CT molecular complexity index is 675. The van der Waals surface area contributed by atoms with Crippen LogP contribution in [0.5, 0.6) is 0 Å². The number of amides is 3. The summed E-state index contributed by atoms with van der Waals surface area (Å²) in [6, 6.07) is 9.80. The van der Waals surface area contributed by atoms with E-state index < -0.39 is 0 Å². The Labute approximate surface area is 160 Å². The van der Waals surface area contributed by atoms with Gasteiger partial charge in [-0.1, -0.05) is 30.3 Å². The maximum atomic E-state index is 12.9.